The number of hydrogen-bond donors (Lipinski definition) is 1. The molecule has 102 valence electrons. The van der Waals surface area contributed by atoms with Crippen LogP contribution >= 0.6 is 24.0 Å². The molecule has 0 radical (unpaired) electrons. The zero-order valence-corrected chi connectivity index (χ0v) is 11.7. The van der Waals surface area contributed by atoms with Crippen molar-refractivity contribution in [1.29, 1.82) is 0 Å². The Morgan fingerprint density at radius 3 is 2.67 bits per heavy atom. The molecule has 1 aromatic carbocycles. The number of alkyl halides is 1. The Hall–Kier alpha value is -0.840. The molecule has 0 heterocycles. The standard InChI is InChI=1S/C12H15ClFNO2.ClH/c1-3-17-12(16)10(14)11(15)9-7(2)5-4-6-8(9)13;/h4-6,10-11H,3,15H2,1-2H3;1H/t10?,11-;/m1./s1. The molecule has 0 aliphatic carbocycles. The highest BCUT2D eigenvalue weighted by Crippen LogP contribution is 2.28. The minimum atomic E-state index is -1.91. The lowest BCUT2D eigenvalue weighted by molar-refractivity contribution is -0.149. The molecule has 1 aromatic rings. The van der Waals surface area contributed by atoms with Gasteiger partial charge in [0.2, 0.25) is 6.17 Å². The van der Waals surface area contributed by atoms with Crippen molar-refractivity contribution in [3.63, 3.8) is 0 Å². The second kappa shape index (κ2) is 7.56. The number of ether oxygens (including phenoxy) is 1. The second-order valence-electron chi connectivity index (χ2n) is 3.65. The Balaban J connectivity index is 0.00000289. The van der Waals surface area contributed by atoms with Crippen LogP contribution in [0.5, 0.6) is 0 Å². The maximum Gasteiger partial charge on any atom is 0.342 e. The van der Waals surface area contributed by atoms with E-state index in [2.05, 4.69) is 4.74 Å². The smallest absolute Gasteiger partial charge is 0.342 e. The molecule has 2 N–H and O–H groups in total. The molecule has 3 nitrogen and oxygen atoms in total. The third-order valence-corrected chi connectivity index (χ3v) is 2.76. The Morgan fingerprint density at radius 2 is 2.17 bits per heavy atom. The number of nitrogens with two attached hydrogens (primary N) is 1. The normalized spacial score (nSPS) is 13.4. The highest BCUT2D eigenvalue weighted by atomic mass is 35.5. The lowest BCUT2D eigenvalue weighted by atomic mass is 9.98. The number of benzene rings is 1. The van der Waals surface area contributed by atoms with Crippen molar-refractivity contribution in [2.24, 2.45) is 5.73 Å². The first kappa shape index (κ1) is 17.2. The van der Waals surface area contributed by atoms with Gasteiger partial charge in [0.1, 0.15) is 0 Å². The number of halogens is 3. The lowest BCUT2D eigenvalue weighted by Gasteiger charge is -2.19. The third kappa shape index (κ3) is 3.83. The van der Waals surface area contributed by atoms with E-state index in [9.17, 15) is 9.18 Å². The van der Waals surface area contributed by atoms with Crippen molar-refractivity contribution in [3.8, 4) is 0 Å². The number of rotatable bonds is 4. The van der Waals surface area contributed by atoms with Gasteiger partial charge < -0.3 is 10.5 Å². The van der Waals surface area contributed by atoms with Crippen LogP contribution in [0.4, 0.5) is 4.39 Å². The molecular formula is C12H16Cl2FNO2. The SMILES string of the molecule is CCOC(=O)C(F)[C@H](N)c1c(C)cccc1Cl.Cl. The molecular weight excluding hydrogens is 280 g/mol. The molecule has 0 aromatic heterocycles. The molecule has 0 spiro atoms. The van der Waals surface area contributed by atoms with Crippen LogP contribution in [0.1, 0.15) is 24.1 Å². The van der Waals surface area contributed by atoms with Crippen LogP contribution in [-0.4, -0.2) is 18.7 Å². The van der Waals surface area contributed by atoms with Crippen LogP contribution in [0.25, 0.3) is 0 Å². The molecule has 0 fully saturated rings. The molecule has 0 saturated heterocycles. The summed E-state index contributed by atoms with van der Waals surface area (Å²) in [5, 5.41) is 0.351. The second-order valence-corrected chi connectivity index (χ2v) is 4.06. The molecule has 0 bridgehead atoms. The average Bonchev–Trinajstić information content (AvgIpc) is 2.27. The van der Waals surface area contributed by atoms with E-state index in [-0.39, 0.29) is 19.0 Å². The molecule has 1 rings (SSSR count). The maximum atomic E-state index is 13.8. The minimum absolute atomic E-state index is 0. The summed E-state index contributed by atoms with van der Waals surface area (Å²) in [4.78, 5) is 11.3. The van der Waals surface area contributed by atoms with E-state index in [1.165, 1.54) is 0 Å². The van der Waals surface area contributed by atoms with Gasteiger partial charge in [0.25, 0.3) is 0 Å². The van der Waals surface area contributed by atoms with Gasteiger partial charge in [0, 0.05) is 5.02 Å². The van der Waals surface area contributed by atoms with Crippen molar-refractivity contribution in [2.45, 2.75) is 26.1 Å². The number of carbonyl (C=O) groups is 1. The van der Waals surface area contributed by atoms with Crippen LogP contribution in [0, 0.1) is 6.92 Å². The summed E-state index contributed by atoms with van der Waals surface area (Å²) >= 11 is 5.95. The zero-order valence-electron chi connectivity index (χ0n) is 10.2. The van der Waals surface area contributed by atoms with Gasteiger partial charge in [-0.3, -0.25) is 0 Å². The predicted molar refractivity (Wildman–Crippen MR) is 71.9 cm³/mol. The van der Waals surface area contributed by atoms with Crippen molar-refractivity contribution in [1.82, 2.24) is 0 Å². The van der Waals surface area contributed by atoms with E-state index >= 15 is 0 Å². The summed E-state index contributed by atoms with van der Waals surface area (Å²) in [5.41, 5.74) is 6.90. The summed E-state index contributed by atoms with van der Waals surface area (Å²) in [5.74, 6) is -0.959. The van der Waals surface area contributed by atoms with Crippen LogP contribution < -0.4 is 5.73 Å². The number of esters is 1. The van der Waals surface area contributed by atoms with E-state index in [4.69, 9.17) is 17.3 Å². The summed E-state index contributed by atoms with van der Waals surface area (Å²) in [7, 11) is 0. The number of hydrogen-bond acceptors (Lipinski definition) is 3. The first-order valence-electron chi connectivity index (χ1n) is 5.30. The predicted octanol–water partition coefficient (Wildman–Crippen LogP) is 2.97. The van der Waals surface area contributed by atoms with Crippen molar-refractivity contribution >= 4 is 30.0 Å². The summed E-state index contributed by atoms with van der Waals surface area (Å²) in [6, 6.07) is 4.01. The molecule has 0 saturated carbocycles. The largest absolute Gasteiger partial charge is 0.464 e. The average molecular weight is 296 g/mol. The molecule has 0 amide bonds. The van der Waals surface area contributed by atoms with E-state index in [0.717, 1.165) is 5.56 Å². The van der Waals surface area contributed by atoms with Crippen molar-refractivity contribution in [2.75, 3.05) is 6.61 Å². The van der Waals surface area contributed by atoms with Crippen LogP contribution in [-0.2, 0) is 9.53 Å². The fourth-order valence-corrected chi connectivity index (χ4v) is 1.93. The Kier molecular flexibility index (Phi) is 7.21. The van der Waals surface area contributed by atoms with Gasteiger partial charge >= 0.3 is 5.97 Å². The van der Waals surface area contributed by atoms with Gasteiger partial charge in [-0.2, -0.15) is 0 Å². The number of carbonyl (C=O) groups excluding carboxylic acids is 1. The Labute approximate surface area is 117 Å². The summed E-state index contributed by atoms with van der Waals surface area (Å²) < 4.78 is 18.4. The highest BCUT2D eigenvalue weighted by Gasteiger charge is 2.29. The van der Waals surface area contributed by atoms with Crippen LogP contribution in [0.2, 0.25) is 5.02 Å². The van der Waals surface area contributed by atoms with E-state index in [1.807, 2.05) is 0 Å². The Bertz CT molecular complexity index is 395. The van der Waals surface area contributed by atoms with Crippen LogP contribution in [0.3, 0.4) is 0 Å². The fourth-order valence-electron chi connectivity index (χ4n) is 1.58. The molecule has 18 heavy (non-hydrogen) atoms. The molecule has 2 atom stereocenters. The molecule has 0 aliphatic rings. The zero-order chi connectivity index (χ0) is 13.0. The first-order valence-corrected chi connectivity index (χ1v) is 5.68. The van der Waals surface area contributed by atoms with Gasteiger partial charge in [-0.25, -0.2) is 9.18 Å². The lowest BCUT2D eigenvalue weighted by Crippen LogP contribution is -2.32. The van der Waals surface area contributed by atoms with Crippen molar-refractivity contribution in [3.05, 3.63) is 34.3 Å². The quantitative estimate of drug-likeness (QED) is 0.869. The van der Waals surface area contributed by atoms with Gasteiger partial charge in [-0.05, 0) is 31.0 Å². The van der Waals surface area contributed by atoms with Gasteiger partial charge in [0.05, 0.1) is 12.6 Å². The van der Waals surface area contributed by atoms with Crippen LogP contribution in [0.15, 0.2) is 18.2 Å². The Morgan fingerprint density at radius 1 is 1.56 bits per heavy atom. The topological polar surface area (TPSA) is 52.3 Å². The van der Waals surface area contributed by atoms with E-state index < -0.39 is 18.2 Å². The van der Waals surface area contributed by atoms with E-state index in [1.54, 1.807) is 32.0 Å². The summed E-state index contributed by atoms with van der Waals surface area (Å²) in [6.07, 6.45) is -1.91. The monoisotopic (exact) mass is 295 g/mol. The third-order valence-electron chi connectivity index (χ3n) is 2.43. The minimum Gasteiger partial charge on any atom is -0.464 e. The molecule has 1 unspecified atom stereocenters. The number of aryl methyl sites for hydroxylation is 1. The molecule has 6 heteroatoms. The van der Waals surface area contributed by atoms with Gasteiger partial charge in [0.15, 0.2) is 0 Å². The molecule has 0 aliphatic heterocycles. The highest BCUT2D eigenvalue weighted by molar-refractivity contribution is 6.31. The maximum absolute atomic E-state index is 13.8. The summed E-state index contributed by atoms with van der Waals surface area (Å²) in [6.45, 7) is 3.49. The fraction of sp³-hybridized carbons (Fsp3) is 0.417. The van der Waals surface area contributed by atoms with Crippen molar-refractivity contribution < 1.29 is 13.9 Å². The van der Waals surface area contributed by atoms with Gasteiger partial charge in [-0.1, -0.05) is 23.7 Å². The van der Waals surface area contributed by atoms with E-state index in [0.29, 0.717) is 10.6 Å². The first-order chi connectivity index (χ1) is 7.99. The van der Waals surface area contributed by atoms with Gasteiger partial charge in [-0.15, -0.1) is 12.4 Å².